The van der Waals surface area contributed by atoms with Gasteiger partial charge >= 0.3 is 0 Å². The first-order chi connectivity index (χ1) is 12.1. The minimum Gasteiger partial charge on any atom is -0.366 e. The molecule has 6 heteroatoms. The Labute approximate surface area is 152 Å². The van der Waals surface area contributed by atoms with Crippen molar-refractivity contribution in [1.29, 1.82) is 0 Å². The predicted octanol–water partition coefficient (Wildman–Crippen LogP) is 3.57. The van der Waals surface area contributed by atoms with E-state index in [0.29, 0.717) is 19.5 Å². The Hall–Kier alpha value is -2.08. The molecule has 0 spiro atoms. The molecule has 0 radical (unpaired) electrons. The number of likely N-dealkylation sites (tertiary alicyclic amines) is 1. The maximum absolute atomic E-state index is 12.9. The standard InChI is InChI=1S/C19H25N3O2S/c1-3-4-18(23)21-14-7-9-22(10-8-14)19(24)16-12-20-11-15(16)17-6-5-13(2)25-17/h5-6,11-12,14,20H,3-4,7-10H2,1-2H3,(H,21,23). The summed E-state index contributed by atoms with van der Waals surface area (Å²) in [6, 6.07) is 4.33. The molecule has 2 amide bonds. The molecule has 0 aromatic carbocycles. The van der Waals surface area contributed by atoms with Gasteiger partial charge in [-0.25, -0.2) is 0 Å². The second-order valence-corrected chi connectivity index (χ2v) is 7.86. The zero-order valence-corrected chi connectivity index (χ0v) is 15.6. The van der Waals surface area contributed by atoms with Gasteiger partial charge in [-0.15, -0.1) is 11.3 Å². The number of H-pyrrole nitrogens is 1. The fraction of sp³-hybridized carbons (Fsp3) is 0.474. The lowest BCUT2D eigenvalue weighted by atomic mass is 10.0. The maximum atomic E-state index is 12.9. The molecule has 2 N–H and O–H groups in total. The first-order valence-corrected chi connectivity index (χ1v) is 9.72. The lowest BCUT2D eigenvalue weighted by Crippen LogP contribution is -2.46. The predicted molar refractivity (Wildman–Crippen MR) is 101 cm³/mol. The van der Waals surface area contributed by atoms with E-state index in [2.05, 4.69) is 29.4 Å². The molecule has 1 fully saturated rings. The highest BCUT2D eigenvalue weighted by Gasteiger charge is 2.26. The highest BCUT2D eigenvalue weighted by atomic mass is 32.1. The average molecular weight is 359 g/mol. The van der Waals surface area contributed by atoms with E-state index in [4.69, 9.17) is 0 Å². The summed E-state index contributed by atoms with van der Waals surface area (Å²) in [5.74, 6) is 0.189. The Balaban J connectivity index is 1.62. The number of carbonyl (C=O) groups is 2. The number of thiophene rings is 1. The molecule has 5 nitrogen and oxygen atoms in total. The van der Waals surface area contributed by atoms with E-state index in [-0.39, 0.29) is 17.9 Å². The van der Waals surface area contributed by atoms with Crippen molar-refractivity contribution in [3.8, 4) is 10.4 Å². The monoisotopic (exact) mass is 359 g/mol. The molecule has 2 aromatic rings. The van der Waals surface area contributed by atoms with E-state index >= 15 is 0 Å². The van der Waals surface area contributed by atoms with Crippen molar-refractivity contribution >= 4 is 23.2 Å². The van der Waals surface area contributed by atoms with Crippen molar-refractivity contribution in [3.63, 3.8) is 0 Å². The smallest absolute Gasteiger partial charge is 0.256 e. The van der Waals surface area contributed by atoms with Gasteiger partial charge in [-0.1, -0.05) is 6.92 Å². The summed E-state index contributed by atoms with van der Waals surface area (Å²) in [7, 11) is 0. The van der Waals surface area contributed by atoms with Gasteiger partial charge in [0.2, 0.25) is 5.91 Å². The summed E-state index contributed by atoms with van der Waals surface area (Å²) < 4.78 is 0. The van der Waals surface area contributed by atoms with Crippen LogP contribution in [0.3, 0.4) is 0 Å². The summed E-state index contributed by atoms with van der Waals surface area (Å²) in [6.45, 7) is 5.44. The van der Waals surface area contributed by atoms with Crippen molar-refractivity contribution in [2.45, 2.75) is 45.6 Å². The maximum Gasteiger partial charge on any atom is 0.256 e. The zero-order chi connectivity index (χ0) is 17.8. The lowest BCUT2D eigenvalue weighted by Gasteiger charge is -2.32. The van der Waals surface area contributed by atoms with E-state index in [1.807, 2.05) is 18.0 Å². The number of carbonyl (C=O) groups excluding carboxylic acids is 2. The first kappa shape index (κ1) is 17.7. The van der Waals surface area contributed by atoms with Crippen molar-refractivity contribution in [2.24, 2.45) is 0 Å². The molecule has 1 aliphatic rings. The fourth-order valence-corrected chi connectivity index (χ4v) is 4.15. The van der Waals surface area contributed by atoms with Gasteiger partial charge in [-0.3, -0.25) is 9.59 Å². The van der Waals surface area contributed by atoms with Crippen LogP contribution in [0.2, 0.25) is 0 Å². The van der Waals surface area contributed by atoms with Crippen LogP contribution in [0.4, 0.5) is 0 Å². The van der Waals surface area contributed by atoms with E-state index in [0.717, 1.165) is 35.3 Å². The molecule has 3 heterocycles. The van der Waals surface area contributed by atoms with Gasteiger partial charge in [0.25, 0.3) is 5.91 Å². The molecule has 0 bridgehead atoms. The molecule has 25 heavy (non-hydrogen) atoms. The number of hydrogen-bond donors (Lipinski definition) is 2. The van der Waals surface area contributed by atoms with Crippen molar-refractivity contribution in [3.05, 3.63) is 35.0 Å². The molecular weight excluding hydrogens is 334 g/mol. The van der Waals surface area contributed by atoms with Crippen LogP contribution in [0, 0.1) is 6.92 Å². The quantitative estimate of drug-likeness (QED) is 0.857. The van der Waals surface area contributed by atoms with Gasteiger partial charge in [0.1, 0.15) is 0 Å². The van der Waals surface area contributed by atoms with Crippen LogP contribution in [0.15, 0.2) is 24.5 Å². The Morgan fingerprint density at radius 3 is 2.68 bits per heavy atom. The summed E-state index contributed by atoms with van der Waals surface area (Å²) >= 11 is 1.70. The number of hydrogen-bond acceptors (Lipinski definition) is 3. The third-order valence-electron chi connectivity index (χ3n) is 4.61. The Bertz CT molecular complexity index is 741. The van der Waals surface area contributed by atoms with Crippen LogP contribution in [0.5, 0.6) is 0 Å². The van der Waals surface area contributed by atoms with Gasteiger partial charge in [-0.05, 0) is 38.3 Å². The van der Waals surface area contributed by atoms with Crippen LogP contribution in [0.25, 0.3) is 10.4 Å². The highest BCUT2D eigenvalue weighted by Crippen LogP contribution is 2.31. The van der Waals surface area contributed by atoms with Crippen molar-refractivity contribution < 1.29 is 9.59 Å². The Morgan fingerprint density at radius 2 is 2.04 bits per heavy atom. The average Bonchev–Trinajstić information content (AvgIpc) is 3.23. The second-order valence-electron chi connectivity index (χ2n) is 6.58. The molecule has 0 saturated carbocycles. The molecule has 3 rings (SSSR count). The molecule has 1 aliphatic heterocycles. The third kappa shape index (κ3) is 4.12. The molecular formula is C19H25N3O2S. The highest BCUT2D eigenvalue weighted by molar-refractivity contribution is 7.15. The zero-order valence-electron chi connectivity index (χ0n) is 14.8. The Morgan fingerprint density at radius 1 is 1.28 bits per heavy atom. The van der Waals surface area contributed by atoms with Crippen LogP contribution >= 0.6 is 11.3 Å². The second kappa shape index (κ2) is 7.87. The number of nitrogens with one attached hydrogen (secondary N) is 2. The Kier molecular flexibility index (Phi) is 5.58. The topological polar surface area (TPSA) is 65.2 Å². The lowest BCUT2D eigenvalue weighted by molar-refractivity contribution is -0.122. The molecule has 1 saturated heterocycles. The number of amides is 2. The summed E-state index contributed by atoms with van der Waals surface area (Å²) in [4.78, 5) is 32.0. The number of aromatic amines is 1. The first-order valence-electron chi connectivity index (χ1n) is 8.90. The molecule has 0 atom stereocenters. The minimum absolute atomic E-state index is 0.0700. The summed E-state index contributed by atoms with van der Waals surface area (Å²) in [6.07, 6.45) is 6.77. The molecule has 134 valence electrons. The summed E-state index contributed by atoms with van der Waals surface area (Å²) in [5, 5.41) is 3.07. The van der Waals surface area contributed by atoms with E-state index in [1.54, 1.807) is 17.5 Å². The van der Waals surface area contributed by atoms with Gasteiger partial charge in [-0.2, -0.15) is 0 Å². The van der Waals surface area contributed by atoms with Crippen LogP contribution in [-0.2, 0) is 4.79 Å². The number of aromatic nitrogens is 1. The molecule has 2 aromatic heterocycles. The number of piperidine rings is 1. The largest absolute Gasteiger partial charge is 0.366 e. The fourth-order valence-electron chi connectivity index (χ4n) is 3.25. The number of aryl methyl sites for hydroxylation is 1. The van der Waals surface area contributed by atoms with Gasteiger partial charge in [0, 0.05) is 53.3 Å². The number of rotatable bonds is 5. The van der Waals surface area contributed by atoms with Gasteiger partial charge in [0.05, 0.1) is 5.56 Å². The SMILES string of the molecule is CCCC(=O)NC1CCN(C(=O)c2c[nH]cc2-c2ccc(C)s2)CC1. The van der Waals surface area contributed by atoms with Crippen LogP contribution < -0.4 is 5.32 Å². The van der Waals surface area contributed by atoms with E-state index in [1.165, 1.54) is 4.88 Å². The molecule has 0 unspecified atom stereocenters. The third-order valence-corrected chi connectivity index (χ3v) is 5.64. The van der Waals surface area contributed by atoms with E-state index in [9.17, 15) is 9.59 Å². The van der Waals surface area contributed by atoms with Crippen molar-refractivity contribution in [1.82, 2.24) is 15.2 Å². The van der Waals surface area contributed by atoms with Gasteiger partial charge in [0.15, 0.2) is 0 Å². The minimum atomic E-state index is 0.0700. The van der Waals surface area contributed by atoms with Crippen molar-refractivity contribution in [2.75, 3.05) is 13.1 Å². The summed E-state index contributed by atoms with van der Waals surface area (Å²) in [5.41, 5.74) is 1.71. The van der Waals surface area contributed by atoms with Gasteiger partial charge < -0.3 is 15.2 Å². The van der Waals surface area contributed by atoms with Crippen LogP contribution in [0.1, 0.15) is 47.8 Å². The van der Waals surface area contributed by atoms with Crippen LogP contribution in [-0.4, -0.2) is 40.8 Å². The number of nitrogens with zero attached hydrogens (tertiary/aromatic N) is 1. The molecule has 0 aliphatic carbocycles. The normalized spacial score (nSPS) is 15.4. The van der Waals surface area contributed by atoms with E-state index < -0.39 is 0 Å².